The zero-order chi connectivity index (χ0) is 12.7. The second-order valence-corrected chi connectivity index (χ2v) is 7.80. The second kappa shape index (κ2) is 4.57. The second-order valence-electron chi connectivity index (χ2n) is 7.80. The van der Waals surface area contributed by atoms with E-state index in [0.717, 1.165) is 18.0 Å². The first-order chi connectivity index (χ1) is 7.85. The lowest BCUT2D eigenvalue weighted by Gasteiger charge is -2.39. The molecule has 1 heteroatoms. The van der Waals surface area contributed by atoms with Gasteiger partial charge in [0.1, 0.15) is 0 Å². The monoisotopic (exact) mass is 237 g/mol. The Kier molecular flexibility index (Phi) is 3.60. The highest BCUT2D eigenvalue weighted by atomic mass is 15.0. The molecule has 2 rings (SSSR count). The smallest absolute Gasteiger partial charge is 0.0127 e. The minimum atomic E-state index is 0.559. The van der Waals surface area contributed by atoms with E-state index >= 15 is 0 Å². The first-order valence-electron chi connectivity index (χ1n) is 7.61. The van der Waals surface area contributed by atoms with Crippen LogP contribution in [0.25, 0.3) is 0 Å². The maximum Gasteiger partial charge on any atom is 0.0127 e. The molecule has 1 nitrogen and oxygen atoms in total. The van der Waals surface area contributed by atoms with Gasteiger partial charge in [-0.2, -0.15) is 0 Å². The van der Waals surface area contributed by atoms with Crippen LogP contribution in [0.4, 0.5) is 0 Å². The fourth-order valence-electron chi connectivity index (χ4n) is 3.37. The first-order valence-corrected chi connectivity index (χ1v) is 7.61. The molecule has 0 amide bonds. The Hall–Kier alpha value is -0.0400. The largest absolute Gasteiger partial charge is 0.311 e. The highest BCUT2D eigenvalue weighted by Gasteiger charge is 2.46. The van der Waals surface area contributed by atoms with Gasteiger partial charge in [-0.1, -0.05) is 41.0 Å². The minimum absolute atomic E-state index is 0.559. The van der Waals surface area contributed by atoms with Crippen molar-refractivity contribution in [2.45, 2.75) is 85.2 Å². The van der Waals surface area contributed by atoms with Gasteiger partial charge in [0.05, 0.1) is 0 Å². The van der Waals surface area contributed by atoms with Gasteiger partial charge in [0.2, 0.25) is 0 Å². The van der Waals surface area contributed by atoms with Crippen molar-refractivity contribution in [3.63, 3.8) is 0 Å². The van der Waals surface area contributed by atoms with Crippen molar-refractivity contribution in [2.75, 3.05) is 0 Å². The third-order valence-corrected chi connectivity index (χ3v) is 5.69. The minimum Gasteiger partial charge on any atom is -0.311 e. The number of rotatable bonds is 4. The zero-order valence-corrected chi connectivity index (χ0v) is 12.5. The third-order valence-electron chi connectivity index (χ3n) is 5.69. The molecule has 1 unspecified atom stereocenters. The van der Waals surface area contributed by atoms with Crippen LogP contribution < -0.4 is 5.32 Å². The standard InChI is InChI=1S/C16H31N/c1-6-15(2,3)12-7-9-13(10-8-12)17-14-11-16(14,4)5/h12-14,17H,6-11H2,1-5H3. The average molecular weight is 237 g/mol. The van der Waals surface area contributed by atoms with Crippen molar-refractivity contribution in [1.29, 1.82) is 0 Å². The highest BCUT2D eigenvalue weighted by Crippen LogP contribution is 2.46. The summed E-state index contributed by atoms with van der Waals surface area (Å²) in [6, 6.07) is 1.62. The van der Waals surface area contributed by atoms with Crippen molar-refractivity contribution in [1.82, 2.24) is 5.32 Å². The number of hydrogen-bond donors (Lipinski definition) is 1. The van der Waals surface area contributed by atoms with E-state index < -0.39 is 0 Å². The molecule has 2 aliphatic carbocycles. The molecule has 0 aromatic rings. The van der Waals surface area contributed by atoms with Crippen LogP contribution in [0.1, 0.15) is 73.1 Å². The quantitative estimate of drug-likeness (QED) is 0.765. The molecule has 100 valence electrons. The van der Waals surface area contributed by atoms with Gasteiger partial charge in [-0.15, -0.1) is 0 Å². The van der Waals surface area contributed by atoms with E-state index in [-0.39, 0.29) is 0 Å². The van der Waals surface area contributed by atoms with E-state index in [2.05, 4.69) is 39.9 Å². The van der Waals surface area contributed by atoms with E-state index in [1.807, 2.05) is 0 Å². The molecule has 0 heterocycles. The summed E-state index contributed by atoms with van der Waals surface area (Å²) in [5.41, 5.74) is 1.14. The summed E-state index contributed by atoms with van der Waals surface area (Å²) in [5, 5.41) is 3.87. The van der Waals surface area contributed by atoms with Crippen LogP contribution in [0, 0.1) is 16.7 Å². The van der Waals surface area contributed by atoms with Gasteiger partial charge >= 0.3 is 0 Å². The summed E-state index contributed by atoms with van der Waals surface area (Å²) in [6.07, 6.45) is 8.39. The molecular weight excluding hydrogens is 206 g/mol. The molecule has 1 N–H and O–H groups in total. The third kappa shape index (κ3) is 3.05. The Morgan fingerprint density at radius 3 is 2.06 bits per heavy atom. The number of nitrogens with one attached hydrogen (secondary N) is 1. The molecule has 0 aromatic carbocycles. The molecule has 2 fully saturated rings. The van der Waals surface area contributed by atoms with Gasteiger partial charge in [0.25, 0.3) is 0 Å². The highest BCUT2D eigenvalue weighted by molar-refractivity contribution is 5.03. The van der Waals surface area contributed by atoms with E-state index in [1.165, 1.54) is 38.5 Å². The van der Waals surface area contributed by atoms with Crippen LogP contribution in [0.2, 0.25) is 0 Å². The fourth-order valence-corrected chi connectivity index (χ4v) is 3.37. The van der Waals surface area contributed by atoms with E-state index in [1.54, 1.807) is 0 Å². The first kappa shape index (κ1) is 13.4. The lowest BCUT2D eigenvalue weighted by Crippen LogP contribution is -2.38. The average Bonchev–Trinajstić information content (AvgIpc) is 2.87. The fraction of sp³-hybridized carbons (Fsp3) is 1.00. The maximum atomic E-state index is 3.87. The van der Waals surface area contributed by atoms with Gasteiger partial charge in [0.15, 0.2) is 0 Å². The molecule has 0 saturated heterocycles. The summed E-state index contributed by atoms with van der Waals surface area (Å²) in [7, 11) is 0. The van der Waals surface area contributed by atoms with Gasteiger partial charge in [-0.3, -0.25) is 0 Å². The van der Waals surface area contributed by atoms with Crippen LogP contribution in [-0.4, -0.2) is 12.1 Å². The molecule has 2 aliphatic rings. The van der Waals surface area contributed by atoms with Gasteiger partial charge in [-0.25, -0.2) is 0 Å². The van der Waals surface area contributed by atoms with Gasteiger partial charge < -0.3 is 5.32 Å². The Morgan fingerprint density at radius 2 is 1.65 bits per heavy atom. The zero-order valence-electron chi connectivity index (χ0n) is 12.5. The normalized spacial score (nSPS) is 36.9. The van der Waals surface area contributed by atoms with Gasteiger partial charge in [0, 0.05) is 12.1 Å². The molecule has 0 aromatic heterocycles. The van der Waals surface area contributed by atoms with Crippen molar-refractivity contribution >= 4 is 0 Å². The molecule has 0 bridgehead atoms. The Labute approximate surface area is 108 Å². The van der Waals surface area contributed by atoms with Crippen molar-refractivity contribution in [2.24, 2.45) is 16.7 Å². The summed E-state index contributed by atoms with van der Waals surface area (Å²) >= 11 is 0. The van der Waals surface area contributed by atoms with Crippen LogP contribution in [0.3, 0.4) is 0 Å². The van der Waals surface area contributed by atoms with Crippen LogP contribution in [0.5, 0.6) is 0 Å². The topological polar surface area (TPSA) is 12.0 Å². The lowest BCUT2D eigenvalue weighted by atomic mass is 9.69. The van der Waals surface area contributed by atoms with Crippen molar-refractivity contribution in [3.8, 4) is 0 Å². The Balaban J connectivity index is 1.75. The Morgan fingerprint density at radius 1 is 1.12 bits per heavy atom. The lowest BCUT2D eigenvalue weighted by molar-refractivity contribution is 0.136. The summed E-state index contributed by atoms with van der Waals surface area (Å²) < 4.78 is 0. The molecule has 0 radical (unpaired) electrons. The van der Waals surface area contributed by atoms with Crippen LogP contribution in [0.15, 0.2) is 0 Å². The predicted molar refractivity (Wildman–Crippen MR) is 75.1 cm³/mol. The van der Waals surface area contributed by atoms with Gasteiger partial charge in [-0.05, 0) is 48.9 Å². The molecule has 2 saturated carbocycles. The Bertz CT molecular complexity index is 259. The maximum absolute atomic E-state index is 3.87. The molecular formula is C16H31N. The van der Waals surface area contributed by atoms with Crippen LogP contribution in [-0.2, 0) is 0 Å². The predicted octanol–water partition coefficient (Wildman–Crippen LogP) is 4.37. The molecule has 1 atom stereocenters. The van der Waals surface area contributed by atoms with Crippen LogP contribution >= 0.6 is 0 Å². The van der Waals surface area contributed by atoms with Crippen molar-refractivity contribution in [3.05, 3.63) is 0 Å². The molecule has 0 spiro atoms. The van der Waals surface area contributed by atoms with Crippen molar-refractivity contribution < 1.29 is 0 Å². The number of hydrogen-bond acceptors (Lipinski definition) is 1. The summed E-state index contributed by atoms with van der Waals surface area (Å²) in [6.45, 7) is 12.0. The SMILES string of the molecule is CCC(C)(C)C1CCC(NC2CC2(C)C)CC1. The summed E-state index contributed by atoms with van der Waals surface area (Å²) in [5.74, 6) is 0.956. The molecule has 0 aliphatic heterocycles. The van der Waals surface area contributed by atoms with E-state index in [4.69, 9.17) is 0 Å². The molecule has 17 heavy (non-hydrogen) atoms. The summed E-state index contributed by atoms with van der Waals surface area (Å²) in [4.78, 5) is 0. The van der Waals surface area contributed by atoms with E-state index in [0.29, 0.717) is 10.8 Å². The van der Waals surface area contributed by atoms with E-state index in [9.17, 15) is 0 Å².